The number of hydrogen-bond acceptors (Lipinski definition) is 2. The van der Waals surface area contributed by atoms with Gasteiger partial charge in [-0.25, -0.2) is 0 Å². The zero-order valence-corrected chi connectivity index (χ0v) is 7.58. The van der Waals surface area contributed by atoms with Crippen molar-refractivity contribution in [2.45, 2.75) is 13.5 Å². The van der Waals surface area contributed by atoms with Crippen LogP contribution in [0.3, 0.4) is 0 Å². The molecule has 0 aliphatic rings. The van der Waals surface area contributed by atoms with E-state index >= 15 is 0 Å². The van der Waals surface area contributed by atoms with Crippen LogP contribution >= 0.6 is 0 Å². The van der Waals surface area contributed by atoms with E-state index in [-0.39, 0.29) is 5.91 Å². The number of aromatic nitrogens is 1. The van der Waals surface area contributed by atoms with Gasteiger partial charge in [-0.05, 0) is 25.1 Å². The fourth-order valence-corrected chi connectivity index (χ4v) is 0.948. The molecule has 0 aliphatic carbocycles. The summed E-state index contributed by atoms with van der Waals surface area (Å²) in [6.07, 6.45) is 1.25. The number of hydrogen-bond donors (Lipinski definition) is 1. The van der Waals surface area contributed by atoms with Crippen LogP contribution in [0, 0.1) is 6.92 Å². The van der Waals surface area contributed by atoms with Crippen molar-refractivity contribution < 1.29 is 4.79 Å². The molecule has 1 rings (SSSR count). The van der Waals surface area contributed by atoms with E-state index in [4.69, 9.17) is 0 Å². The Morgan fingerprint density at radius 1 is 1.69 bits per heavy atom. The second-order valence-corrected chi connectivity index (χ2v) is 2.69. The first-order valence-electron chi connectivity index (χ1n) is 4.05. The lowest BCUT2D eigenvalue weighted by molar-refractivity contribution is -0.116. The van der Waals surface area contributed by atoms with Gasteiger partial charge < -0.3 is 5.32 Å². The van der Waals surface area contributed by atoms with Crippen LogP contribution in [0.1, 0.15) is 11.4 Å². The van der Waals surface area contributed by atoms with Crippen molar-refractivity contribution in [3.05, 3.63) is 42.2 Å². The fourth-order valence-electron chi connectivity index (χ4n) is 0.948. The van der Waals surface area contributed by atoms with Crippen molar-refractivity contribution in [1.29, 1.82) is 0 Å². The summed E-state index contributed by atoms with van der Waals surface area (Å²) in [5.41, 5.74) is 1.81. The number of nitrogens with zero attached hydrogens (tertiary/aromatic N) is 1. The molecule has 13 heavy (non-hydrogen) atoms. The lowest BCUT2D eigenvalue weighted by atomic mass is 10.3. The van der Waals surface area contributed by atoms with Gasteiger partial charge in [0.1, 0.15) is 0 Å². The largest absolute Gasteiger partial charge is 0.347 e. The molecule has 0 unspecified atom stereocenters. The second-order valence-electron chi connectivity index (χ2n) is 2.69. The van der Waals surface area contributed by atoms with Crippen molar-refractivity contribution in [2.75, 3.05) is 0 Å². The Labute approximate surface area is 77.5 Å². The van der Waals surface area contributed by atoms with Crippen molar-refractivity contribution >= 4 is 5.91 Å². The Morgan fingerprint density at radius 2 is 2.46 bits per heavy atom. The Hall–Kier alpha value is -1.64. The SMILES string of the molecule is C=CC(=O)NCc1cccc(C)n1. The van der Waals surface area contributed by atoms with Crippen molar-refractivity contribution in [3.8, 4) is 0 Å². The molecule has 1 N–H and O–H groups in total. The Morgan fingerprint density at radius 3 is 3.08 bits per heavy atom. The minimum atomic E-state index is -0.177. The average Bonchev–Trinajstić information content (AvgIpc) is 2.14. The summed E-state index contributed by atoms with van der Waals surface area (Å²) in [4.78, 5) is 15.0. The molecule has 1 amide bonds. The van der Waals surface area contributed by atoms with Crippen LogP contribution in [0.25, 0.3) is 0 Å². The summed E-state index contributed by atoms with van der Waals surface area (Å²) in [5.74, 6) is -0.177. The minimum absolute atomic E-state index is 0.177. The summed E-state index contributed by atoms with van der Waals surface area (Å²) >= 11 is 0. The quantitative estimate of drug-likeness (QED) is 0.703. The normalized spacial score (nSPS) is 9.31. The van der Waals surface area contributed by atoms with Crippen LogP contribution in [-0.4, -0.2) is 10.9 Å². The standard InChI is InChI=1S/C10H12N2O/c1-3-10(13)11-7-9-6-4-5-8(2)12-9/h3-6H,1,7H2,2H3,(H,11,13). The summed E-state index contributed by atoms with van der Waals surface area (Å²) in [6.45, 7) is 5.72. The van der Waals surface area contributed by atoms with E-state index in [9.17, 15) is 4.79 Å². The monoisotopic (exact) mass is 176 g/mol. The van der Waals surface area contributed by atoms with Gasteiger partial charge in [-0.2, -0.15) is 0 Å². The molecule has 0 saturated heterocycles. The number of rotatable bonds is 3. The maximum Gasteiger partial charge on any atom is 0.243 e. The molecule has 0 radical (unpaired) electrons. The average molecular weight is 176 g/mol. The van der Waals surface area contributed by atoms with Gasteiger partial charge in [-0.1, -0.05) is 12.6 Å². The molecule has 0 atom stereocenters. The molecule has 0 spiro atoms. The molecular weight excluding hydrogens is 164 g/mol. The molecule has 0 aromatic carbocycles. The van der Waals surface area contributed by atoms with Crippen LogP contribution in [0.15, 0.2) is 30.9 Å². The summed E-state index contributed by atoms with van der Waals surface area (Å²) in [6, 6.07) is 5.70. The molecule has 0 fully saturated rings. The number of carbonyl (C=O) groups excluding carboxylic acids is 1. The van der Waals surface area contributed by atoms with Crippen LogP contribution in [0.2, 0.25) is 0 Å². The number of amides is 1. The van der Waals surface area contributed by atoms with E-state index in [2.05, 4.69) is 16.9 Å². The van der Waals surface area contributed by atoms with Gasteiger partial charge in [-0.3, -0.25) is 9.78 Å². The molecule has 68 valence electrons. The van der Waals surface area contributed by atoms with Gasteiger partial charge in [0.15, 0.2) is 0 Å². The predicted octanol–water partition coefficient (Wildman–Crippen LogP) is 1.19. The predicted molar refractivity (Wildman–Crippen MR) is 51.0 cm³/mol. The molecule has 0 saturated carbocycles. The summed E-state index contributed by atoms with van der Waals surface area (Å²) < 4.78 is 0. The van der Waals surface area contributed by atoms with E-state index in [0.717, 1.165) is 11.4 Å². The van der Waals surface area contributed by atoms with E-state index < -0.39 is 0 Å². The summed E-state index contributed by atoms with van der Waals surface area (Å²) in [7, 11) is 0. The third-order valence-electron chi connectivity index (χ3n) is 1.58. The van der Waals surface area contributed by atoms with Crippen molar-refractivity contribution in [2.24, 2.45) is 0 Å². The van der Waals surface area contributed by atoms with E-state index in [1.165, 1.54) is 6.08 Å². The van der Waals surface area contributed by atoms with Crippen LogP contribution < -0.4 is 5.32 Å². The smallest absolute Gasteiger partial charge is 0.243 e. The lowest BCUT2D eigenvalue weighted by Crippen LogP contribution is -2.20. The van der Waals surface area contributed by atoms with Gasteiger partial charge in [0.25, 0.3) is 0 Å². The van der Waals surface area contributed by atoms with Crippen LogP contribution in [0.5, 0.6) is 0 Å². The molecular formula is C10H12N2O. The first kappa shape index (κ1) is 9.45. The highest BCUT2D eigenvalue weighted by Crippen LogP contribution is 1.96. The molecule has 1 aromatic rings. The number of pyridine rings is 1. The highest BCUT2D eigenvalue weighted by molar-refractivity contribution is 5.86. The summed E-state index contributed by atoms with van der Waals surface area (Å²) in [5, 5.41) is 2.66. The molecule has 0 aliphatic heterocycles. The molecule has 0 bridgehead atoms. The van der Waals surface area contributed by atoms with E-state index in [1.807, 2.05) is 25.1 Å². The zero-order valence-electron chi connectivity index (χ0n) is 7.58. The maximum absolute atomic E-state index is 10.8. The van der Waals surface area contributed by atoms with Crippen LogP contribution in [-0.2, 0) is 11.3 Å². The van der Waals surface area contributed by atoms with E-state index in [0.29, 0.717) is 6.54 Å². The third-order valence-corrected chi connectivity index (χ3v) is 1.58. The van der Waals surface area contributed by atoms with Gasteiger partial charge in [-0.15, -0.1) is 0 Å². The lowest BCUT2D eigenvalue weighted by Gasteiger charge is -2.01. The number of carbonyl (C=O) groups is 1. The molecule has 1 aromatic heterocycles. The van der Waals surface area contributed by atoms with Gasteiger partial charge >= 0.3 is 0 Å². The number of nitrogens with one attached hydrogen (secondary N) is 1. The Balaban J connectivity index is 2.54. The highest BCUT2D eigenvalue weighted by atomic mass is 16.1. The van der Waals surface area contributed by atoms with Gasteiger partial charge in [0, 0.05) is 5.69 Å². The van der Waals surface area contributed by atoms with Crippen molar-refractivity contribution in [1.82, 2.24) is 10.3 Å². The molecule has 1 heterocycles. The van der Waals surface area contributed by atoms with Gasteiger partial charge in [0.05, 0.1) is 12.2 Å². The van der Waals surface area contributed by atoms with Crippen LogP contribution in [0.4, 0.5) is 0 Å². The Bertz CT molecular complexity index is 320. The highest BCUT2D eigenvalue weighted by Gasteiger charge is 1.96. The third kappa shape index (κ3) is 3.07. The first-order chi connectivity index (χ1) is 6.22. The first-order valence-corrected chi connectivity index (χ1v) is 4.05. The zero-order chi connectivity index (χ0) is 9.68. The van der Waals surface area contributed by atoms with Gasteiger partial charge in [0.2, 0.25) is 5.91 Å². The van der Waals surface area contributed by atoms with Crippen molar-refractivity contribution in [3.63, 3.8) is 0 Å². The molecule has 3 nitrogen and oxygen atoms in total. The minimum Gasteiger partial charge on any atom is -0.347 e. The topological polar surface area (TPSA) is 42.0 Å². The molecule has 3 heteroatoms. The van der Waals surface area contributed by atoms with E-state index in [1.54, 1.807) is 0 Å². The Kier molecular flexibility index (Phi) is 3.20. The number of aryl methyl sites for hydroxylation is 1. The fraction of sp³-hybridized carbons (Fsp3) is 0.200. The second kappa shape index (κ2) is 4.40. The maximum atomic E-state index is 10.8.